The second-order valence-corrected chi connectivity index (χ2v) is 3.81. The molecule has 1 aromatic heterocycles. The molecule has 2 nitrogen and oxygen atoms in total. The minimum Gasteiger partial charge on any atom is -0.477 e. The Labute approximate surface area is 70.2 Å². The molecule has 0 saturated carbocycles. The molecule has 0 saturated heterocycles. The van der Waals surface area contributed by atoms with Crippen molar-refractivity contribution in [1.29, 1.82) is 0 Å². The summed E-state index contributed by atoms with van der Waals surface area (Å²) in [6, 6.07) is 0. The highest BCUT2D eigenvalue weighted by atomic mass is 32.1. The molecule has 2 heterocycles. The van der Waals surface area contributed by atoms with Crippen LogP contribution in [0.5, 0.6) is 5.88 Å². The Balaban J connectivity index is 2.32. The molecule has 0 spiro atoms. The molecule has 1 aliphatic rings. The van der Waals surface area contributed by atoms with E-state index in [1.54, 1.807) is 11.3 Å². The number of rotatable bonds is 1. The lowest BCUT2D eigenvalue weighted by atomic mass is 10.2. The van der Waals surface area contributed by atoms with Gasteiger partial charge < -0.3 is 4.74 Å². The van der Waals surface area contributed by atoms with E-state index in [1.165, 1.54) is 9.88 Å². The first-order chi connectivity index (χ1) is 5.40. The third kappa shape index (κ3) is 1.25. The molecule has 11 heavy (non-hydrogen) atoms. The maximum Gasteiger partial charge on any atom is 0.227 e. The van der Waals surface area contributed by atoms with Gasteiger partial charge in [-0.1, -0.05) is 6.92 Å². The summed E-state index contributed by atoms with van der Waals surface area (Å²) in [7, 11) is 0. The van der Waals surface area contributed by atoms with Gasteiger partial charge in [0.05, 0.1) is 16.5 Å². The van der Waals surface area contributed by atoms with Crippen molar-refractivity contribution in [1.82, 2.24) is 4.98 Å². The molecule has 2 rings (SSSR count). The van der Waals surface area contributed by atoms with E-state index < -0.39 is 0 Å². The first-order valence-corrected chi connectivity index (χ1v) is 4.83. The minimum atomic E-state index is 0.847. The third-order valence-electron chi connectivity index (χ3n) is 1.80. The lowest BCUT2D eigenvalue weighted by Gasteiger charge is -2.09. The van der Waals surface area contributed by atoms with Crippen LogP contribution in [0.25, 0.3) is 0 Å². The average Bonchev–Trinajstić information content (AvgIpc) is 2.46. The van der Waals surface area contributed by atoms with E-state index in [1.807, 2.05) is 0 Å². The summed E-state index contributed by atoms with van der Waals surface area (Å²) in [4.78, 5) is 5.71. The molecule has 1 aliphatic heterocycles. The van der Waals surface area contributed by atoms with E-state index in [0.29, 0.717) is 0 Å². The molecule has 0 radical (unpaired) electrons. The van der Waals surface area contributed by atoms with Gasteiger partial charge in [-0.05, 0) is 19.3 Å². The zero-order valence-corrected chi connectivity index (χ0v) is 7.41. The topological polar surface area (TPSA) is 22.1 Å². The molecule has 0 atom stereocenters. The van der Waals surface area contributed by atoms with E-state index in [0.717, 1.165) is 31.7 Å². The van der Waals surface area contributed by atoms with Gasteiger partial charge in [0, 0.05) is 0 Å². The number of hydrogen-bond donors (Lipinski definition) is 0. The van der Waals surface area contributed by atoms with Gasteiger partial charge in [-0.3, -0.25) is 0 Å². The monoisotopic (exact) mass is 169 g/mol. The fraction of sp³-hybridized carbons (Fsp3) is 0.625. The fourth-order valence-corrected chi connectivity index (χ4v) is 2.20. The van der Waals surface area contributed by atoms with Gasteiger partial charge in [-0.25, -0.2) is 4.98 Å². The van der Waals surface area contributed by atoms with Crippen LogP contribution < -0.4 is 4.74 Å². The second kappa shape index (κ2) is 2.81. The molecular weight excluding hydrogens is 158 g/mol. The van der Waals surface area contributed by atoms with Crippen molar-refractivity contribution in [3.8, 4) is 5.88 Å². The Kier molecular flexibility index (Phi) is 1.82. The summed E-state index contributed by atoms with van der Waals surface area (Å²) in [5.41, 5.74) is 0. The summed E-state index contributed by atoms with van der Waals surface area (Å²) >= 11 is 1.80. The Bertz CT molecular complexity index is 233. The highest BCUT2D eigenvalue weighted by molar-refractivity contribution is 7.11. The van der Waals surface area contributed by atoms with Gasteiger partial charge in [-0.2, -0.15) is 0 Å². The van der Waals surface area contributed by atoms with E-state index in [4.69, 9.17) is 4.74 Å². The molecule has 0 N–H and O–H groups in total. The highest BCUT2D eigenvalue weighted by Crippen LogP contribution is 2.29. The highest BCUT2D eigenvalue weighted by Gasteiger charge is 2.14. The van der Waals surface area contributed by atoms with Crippen molar-refractivity contribution in [2.45, 2.75) is 26.2 Å². The number of aromatic nitrogens is 1. The quantitative estimate of drug-likeness (QED) is 0.641. The largest absolute Gasteiger partial charge is 0.477 e. The van der Waals surface area contributed by atoms with Crippen LogP contribution in [-0.2, 0) is 12.8 Å². The molecule has 0 aliphatic carbocycles. The molecular formula is C8H11NOS. The van der Waals surface area contributed by atoms with E-state index in [-0.39, 0.29) is 0 Å². The normalized spacial score (nSPS) is 15.7. The standard InChI is InChI=1S/C8H11NOS/c1-2-7-9-8-6(11-7)4-3-5-10-8/h2-5H2,1H3. The molecule has 0 bridgehead atoms. The third-order valence-corrected chi connectivity index (χ3v) is 3.04. The fourth-order valence-electron chi connectivity index (χ4n) is 1.21. The summed E-state index contributed by atoms with van der Waals surface area (Å²) in [5.74, 6) is 0.901. The van der Waals surface area contributed by atoms with Crippen molar-refractivity contribution in [3.63, 3.8) is 0 Å². The van der Waals surface area contributed by atoms with E-state index >= 15 is 0 Å². The molecule has 3 heteroatoms. The van der Waals surface area contributed by atoms with Crippen LogP contribution in [0.2, 0.25) is 0 Å². The van der Waals surface area contributed by atoms with Crippen molar-refractivity contribution < 1.29 is 4.74 Å². The van der Waals surface area contributed by atoms with Crippen LogP contribution >= 0.6 is 11.3 Å². The van der Waals surface area contributed by atoms with Crippen molar-refractivity contribution in [2.24, 2.45) is 0 Å². The van der Waals surface area contributed by atoms with Gasteiger partial charge >= 0.3 is 0 Å². The number of nitrogens with zero attached hydrogens (tertiary/aromatic N) is 1. The number of fused-ring (bicyclic) bond motifs is 1. The van der Waals surface area contributed by atoms with Crippen molar-refractivity contribution in [3.05, 3.63) is 9.88 Å². The molecule has 0 unspecified atom stereocenters. The van der Waals surface area contributed by atoms with Crippen LogP contribution in [0.1, 0.15) is 23.2 Å². The smallest absolute Gasteiger partial charge is 0.227 e. The predicted molar refractivity (Wildman–Crippen MR) is 45.3 cm³/mol. The lowest BCUT2D eigenvalue weighted by Crippen LogP contribution is -2.06. The number of hydrogen-bond acceptors (Lipinski definition) is 3. The maximum atomic E-state index is 5.41. The molecule has 0 amide bonds. The summed E-state index contributed by atoms with van der Waals surface area (Å²) < 4.78 is 5.41. The van der Waals surface area contributed by atoms with E-state index in [9.17, 15) is 0 Å². The maximum absolute atomic E-state index is 5.41. The summed E-state index contributed by atoms with van der Waals surface area (Å²) in [6.45, 7) is 2.98. The van der Waals surface area contributed by atoms with Gasteiger partial charge in [-0.15, -0.1) is 11.3 Å². The lowest BCUT2D eigenvalue weighted by molar-refractivity contribution is 0.280. The molecule has 0 fully saturated rings. The zero-order chi connectivity index (χ0) is 7.68. The Morgan fingerprint density at radius 3 is 3.27 bits per heavy atom. The molecule has 0 aromatic carbocycles. The van der Waals surface area contributed by atoms with Gasteiger partial charge in [0.1, 0.15) is 0 Å². The Morgan fingerprint density at radius 1 is 1.64 bits per heavy atom. The van der Waals surface area contributed by atoms with Crippen LogP contribution in [-0.4, -0.2) is 11.6 Å². The van der Waals surface area contributed by atoms with Gasteiger partial charge in [0.15, 0.2) is 0 Å². The average molecular weight is 169 g/mol. The molecule has 60 valence electrons. The summed E-state index contributed by atoms with van der Waals surface area (Å²) in [6.07, 6.45) is 3.34. The van der Waals surface area contributed by atoms with Crippen molar-refractivity contribution >= 4 is 11.3 Å². The first-order valence-electron chi connectivity index (χ1n) is 4.01. The number of aryl methyl sites for hydroxylation is 2. The van der Waals surface area contributed by atoms with Crippen LogP contribution in [0.4, 0.5) is 0 Å². The van der Waals surface area contributed by atoms with Crippen LogP contribution in [0.3, 0.4) is 0 Å². The predicted octanol–water partition coefficient (Wildman–Crippen LogP) is 2.03. The zero-order valence-electron chi connectivity index (χ0n) is 6.59. The van der Waals surface area contributed by atoms with Crippen LogP contribution in [0, 0.1) is 0 Å². The van der Waals surface area contributed by atoms with Crippen LogP contribution in [0.15, 0.2) is 0 Å². The first kappa shape index (κ1) is 7.10. The Morgan fingerprint density at radius 2 is 2.55 bits per heavy atom. The number of ether oxygens (including phenoxy) is 1. The Hall–Kier alpha value is -0.570. The molecule has 1 aromatic rings. The van der Waals surface area contributed by atoms with Crippen molar-refractivity contribution in [2.75, 3.05) is 6.61 Å². The van der Waals surface area contributed by atoms with Gasteiger partial charge in [0.25, 0.3) is 0 Å². The van der Waals surface area contributed by atoms with Gasteiger partial charge in [0.2, 0.25) is 5.88 Å². The van der Waals surface area contributed by atoms with E-state index in [2.05, 4.69) is 11.9 Å². The minimum absolute atomic E-state index is 0.847. The SMILES string of the molecule is CCc1nc2c(s1)CCCO2. The summed E-state index contributed by atoms with van der Waals surface area (Å²) in [5, 5.41) is 1.21. The second-order valence-electron chi connectivity index (χ2n) is 2.64. The number of thiazole rings is 1.